The third-order valence-electron chi connectivity index (χ3n) is 4.70. The van der Waals surface area contributed by atoms with Crippen molar-refractivity contribution in [3.63, 3.8) is 0 Å². The van der Waals surface area contributed by atoms with Gasteiger partial charge in [0, 0.05) is 17.0 Å². The van der Waals surface area contributed by atoms with Crippen LogP contribution in [-0.2, 0) is 9.59 Å². The highest BCUT2D eigenvalue weighted by Gasteiger charge is 2.46. The van der Waals surface area contributed by atoms with Crippen molar-refractivity contribution in [2.45, 2.75) is 32.2 Å². The van der Waals surface area contributed by atoms with E-state index in [2.05, 4.69) is 6.92 Å². The van der Waals surface area contributed by atoms with E-state index in [1.807, 2.05) is 17.5 Å². The van der Waals surface area contributed by atoms with E-state index in [0.717, 1.165) is 24.1 Å². The second kappa shape index (κ2) is 8.39. The van der Waals surface area contributed by atoms with Crippen molar-refractivity contribution < 1.29 is 19.4 Å². The molecule has 1 aliphatic heterocycles. The highest BCUT2D eigenvalue weighted by atomic mass is 32.1. The van der Waals surface area contributed by atoms with Gasteiger partial charge >= 0.3 is 0 Å². The minimum atomic E-state index is -0.634. The lowest BCUT2D eigenvalue weighted by Crippen LogP contribution is -2.30. The molecule has 0 bridgehead atoms. The number of aliphatic hydroxyl groups excluding tert-OH is 1. The summed E-state index contributed by atoms with van der Waals surface area (Å²) >= 11 is 1.48. The molecule has 1 amide bonds. The quantitative estimate of drug-likeness (QED) is 0.333. The fraction of sp³-hybridized carbons (Fsp3) is 0.333. The van der Waals surface area contributed by atoms with Gasteiger partial charge in [0.1, 0.15) is 11.5 Å². The Bertz CT molecular complexity index is 857. The fourth-order valence-electron chi connectivity index (χ4n) is 3.31. The largest absolute Gasteiger partial charge is 0.507 e. The average molecular weight is 385 g/mol. The maximum absolute atomic E-state index is 12.8. The monoisotopic (exact) mass is 385 g/mol. The van der Waals surface area contributed by atoms with Crippen molar-refractivity contribution in [3.8, 4) is 5.75 Å². The first-order valence-electron chi connectivity index (χ1n) is 9.04. The predicted octanol–water partition coefficient (Wildman–Crippen LogP) is 4.37. The summed E-state index contributed by atoms with van der Waals surface area (Å²) in [5.41, 5.74) is 0.606. The van der Waals surface area contributed by atoms with E-state index in [1.165, 1.54) is 18.4 Å². The second-order valence-corrected chi connectivity index (χ2v) is 7.43. The number of ketones is 1. The summed E-state index contributed by atoms with van der Waals surface area (Å²) in [4.78, 5) is 27.9. The molecule has 142 valence electrons. The number of amides is 1. The van der Waals surface area contributed by atoms with Crippen LogP contribution < -0.4 is 4.74 Å². The molecule has 1 aromatic carbocycles. The number of Topliss-reactive ketones (excluding diaryl/α,β-unsaturated/α-hetero) is 1. The Morgan fingerprint density at radius 1 is 1.22 bits per heavy atom. The zero-order valence-electron chi connectivity index (χ0n) is 15.5. The zero-order chi connectivity index (χ0) is 19.4. The highest BCUT2D eigenvalue weighted by molar-refractivity contribution is 7.10. The second-order valence-electron chi connectivity index (χ2n) is 6.45. The number of ether oxygens (including phenoxy) is 1. The average Bonchev–Trinajstić information content (AvgIpc) is 3.30. The van der Waals surface area contributed by atoms with Gasteiger partial charge in [0.05, 0.1) is 18.7 Å². The molecule has 0 radical (unpaired) electrons. The number of aliphatic hydroxyl groups is 1. The third kappa shape index (κ3) is 3.76. The molecule has 27 heavy (non-hydrogen) atoms. The molecule has 1 atom stereocenters. The first-order chi connectivity index (χ1) is 13.1. The number of carbonyl (C=O) groups excluding carboxylic acids is 2. The maximum atomic E-state index is 12.8. The van der Waals surface area contributed by atoms with Crippen LogP contribution in [0.15, 0.2) is 47.4 Å². The predicted molar refractivity (Wildman–Crippen MR) is 106 cm³/mol. The van der Waals surface area contributed by atoms with Crippen LogP contribution in [-0.4, -0.2) is 35.4 Å². The lowest BCUT2D eigenvalue weighted by atomic mass is 9.99. The minimum Gasteiger partial charge on any atom is -0.507 e. The number of thiophene rings is 1. The number of nitrogens with zero attached hydrogens (tertiary/aromatic N) is 1. The molecule has 1 N–H and O–H groups in total. The summed E-state index contributed by atoms with van der Waals surface area (Å²) in [6.07, 6.45) is 2.83. The molecular formula is C21H23NO4S. The van der Waals surface area contributed by atoms with Gasteiger partial charge in [0.25, 0.3) is 11.7 Å². The number of likely N-dealkylation sites (tertiary alicyclic amines) is 1. The van der Waals surface area contributed by atoms with Crippen LogP contribution in [0.3, 0.4) is 0 Å². The van der Waals surface area contributed by atoms with E-state index in [0.29, 0.717) is 17.9 Å². The first kappa shape index (κ1) is 19.2. The van der Waals surface area contributed by atoms with E-state index in [9.17, 15) is 14.7 Å². The van der Waals surface area contributed by atoms with Crippen LogP contribution in [0.2, 0.25) is 0 Å². The first-order valence-corrected chi connectivity index (χ1v) is 9.92. The van der Waals surface area contributed by atoms with Crippen LogP contribution in [0.5, 0.6) is 5.75 Å². The minimum absolute atomic E-state index is 0.146. The Hall–Kier alpha value is -2.60. The molecule has 1 unspecified atom stereocenters. The lowest BCUT2D eigenvalue weighted by molar-refractivity contribution is -0.139. The van der Waals surface area contributed by atoms with E-state index in [1.54, 1.807) is 29.2 Å². The van der Waals surface area contributed by atoms with Crippen LogP contribution in [0.4, 0.5) is 0 Å². The number of unbranched alkanes of at least 4 members (excludes halogenated alkanes) is 2. The summed E-state index contributed by atoms with van der Waals surface area (Å²) in [7, 11) is 1.54. The molecule has 2 heterocycles. The summed E-state index contributed by atoms with van der Waals surface area (Å²) in [6, 6.07) is 10.1. The summed E-state index contributed by atoms with van der Waals surface area (Å²) in [5, 5.41) is 12.8. The molecule has 1 aliphatic rings. The number of hydrogen-bond donors (Lipinski definition) is 1. The maximum Gasteiger partial charge on any atom is 0.295 e. The van der Waals surface area contributed by atoms with Gasteiger partial charge in [-0.25, -0.2) is 0 Å². The molecular weight excluding hydrogens is 362 g/mol. The molecule has 5 nitrogen and oxygen atoms in total. The standard InChI is InChI=1S/C21H23NO4S/c1-3-4-5-11-22-18(16-10-7-12-27-16)17(20(24)21(22)25)19(23)14-8-6-9-15(13-14)26-2/h6-10,12-13,18,23H,3-5,11H2,1-2H3/b19-17-. The van der Waals surface area contributed by atoms with E-state index in [-0.39, 0.29) is 11.3 Å². The molecule has 1 aromatic heterocycles. The number of methoxy groups -OCH3 is 1. The van der Waals surface area contributed by atoms with Crippen molar-refractivity contribution in [2.24, 2.45) is 0 Å². The normalized spacial score (nSPS) is 18.9. The topological polar surface area (TPSA) is 66.8 Å². The van der Waals surface area contributed by atoms with Crippen molar-refractivity contribution >= 4 is 28.8 Å². The van der Waals surface area contributed by atoms with Crippen LogP contribution in [0, 0.1) is 0 Å². The SMILES string of the molecule is CCCCCN1C(=O)C(=O)/C(=C(\O)c2cccc(OC)c2)C1c1cccs1. The smallest absolute Gasteiger partial charge is 0.295 e. The molecule has 0 aliphatic carbocycles. The molecule has 1 fully saturated rings. The Labute approximate surface area is 162 Å². The number of hydrogen-bond acceptors (Lipinski definition) is 5. The van der Waals surface area contributed by atoms with Crippen LogP contribution in [0.25, 0.3) is 5.76 Å². The summed E-state index contributed by atoms with van der Waals surface area (Å²) < 4.78 is 5.21. The van der Waals surface area contributed by atoms with Gasteiger partial charge in [-0.1, -0.05) is 38.0 Å². The van der Waals surface area contributed by atoms with Gasteiger partial charge in [-0.15, -0.1) is 11.3 Å². The lowest BCUT2D eigenvalue weighted by Gasteiger charge is -2.24. The fourth-order valence-corrected chi connectivity index (χ4v) is 4.16. The van der Waals surface area contributed by atoms with E-state index in [4.69, 9.17) is 4.74 Å². The highest BCUT2D eigenvalue weighted by Crippen LogP contribution is 2.41. The molecule has 0 saturated carbocycles. The molecule has 3 rings (SSSR count). The van der Waals surface area contributed by atoms with Crippen molar-refractivity contribution in [3.05, 3.63) is 57.8 Å². The number of benzene rings is 1. The Kier molecular flexibility index (Phi) is 5.96. The van der Waals surface area contributed by atoms with Gasteiger partial charge < -0.3 is 14.7 Å². The Balaban J connectivity index is 2.08. The van der Waals surface area contributed by atoms with Gasteiger partial charge in [0.2, 0.25) is 0 Å². The molecule has 1 saturated heterocycles. The van der Waals surface area contributed by atoms with Gasteiger partial charge in [-0.05, 0) is 30.0 Å². The van der Waals surface area contributed by atoms with Crippen LogP contribution in [0.1, 0.15) is 42.7 Å². The van der Waals surface area contributed by atoms with Crippen molar-refractivity contribution in [2.75, 3.05) is 13.7 Å². The Morgan fingerprint density at radius 2 is 2.04 bits per heavy atom. The summed E-state index contributed by atoms with van der Waals surface area (Å²) in [5.74, 6) is -0.772. The van der Waals surface area contributed by atoms with Crippen molar-refractivity contribution in [1.29, 1.82) is 0 Å². The van der Waals surface area contributed by atoms with Gasteiger partial charge in [-0.3, -0.25) is 9.59 Å². The number of rotatable bonds is 7. The van der Waals surface area contributed by atoms with Crippen molar-refractivity contribution in [1.82, 2.24) is 4.90 Å². The van der Waals surface area contributed by atoms with E-state index >= 15 is 0 Å². The summed E-state index contributed by atoms with van der Waals surface area (Å²) in [6.45, 7) is 2.59. The third-order valence-corrected chi connectivity index (χ3v) is 5.62. The Morgan fingerprint density at radius 3 is 2.70 bits per heavy atom. The van der Waals surface area contributed by atoms with Gasteiger partial charge in [-0.2, -0.15) is 0 Å². The molecule has 2 aromatic rings. The van der Waals surface area contributed by atoms with Crippen LogP contribution >= 0.6 is 11.3 Å². The van der Waals surface area contributed by atoms with Gasteiger partial charge in [0.15, 0.2) is 0 Å². The zero-order valence-corrected chi connectivity index (χ0v) is 16.3. The number of carbonyl (C=O) groups is 2. The molecule has 6 heteroatoms. The molecule has 0 spiro atoms. The van der Waals surface area contributed by atoms with E-state index < -0.39 is 17.7 Å².